The molecule has 0 saturated heterocycles. The number of allylic oxidation sites excluding steroid dienone is 4. The normalized spacial score (nSPS) is 14.6. The van der Waals surface area contributed by atoms with Crippen molar-refractivity contribution in [2.24, 2.45) is 0 Å². The molecule has 0 radical (unpaired) electrons. The number of aromatic nitrogens is 3. The molecule has 1 aliphatic carbocycles. The van der Waals surface area contributed by atoms with Crippen molar-refractivity contribution in [3.8, 4) is 28.2 Å². The minimum atomic E-state index is 0.193. The molecule has 3 aromatic heterocycles. The number of benzene rings is 6. The fourth-order valence-corrected chi connectivity index (χ4v) is 7.93. The second-order valence-electron chi connectivity index (χ2n) is 13.2. The molecule has 50 heavy (non-hydrogen) atoms. The van der Waals surface area contributed by atoms with Crippen LogP contribution >= 0.6 is 0 Å². The van der Waals surface area contributed by atoms with Crippen molar-refractivity contribution in [1.82, 2.24) is 14.1 Å². The van der Waals surface area contributed by atoms with Crippen molar-refractivity contribution in [3.05, 3.63) is 188 Å². The van der Waals surface area contributed by atoms with Crippen molar-refractivity contribution in [3.63, 3.8) is 0 Å². The van der Waals surface area contributed by atoms with Gasteiger partial charge in [0.05, 0.1) is 33.5 Å². The van der Waals surface area contributed by atoms with Crippen LogP contribution in [0.1, 0.15) is 17.9 Å². The van der Waals surface area contributed by atoms with Gasteiger partial charge in [0.15, 0.2) is 0 Å². The average Bonchev–Trinajstić information content (AvgIpc) is 3.70. The summed E-state index contributed by atoms with van der Waals surface area (Å²) in [6.45, 7) is 0. The van der Waals surface area contributed by atoms with Crippen molar-refractivity contribution in [1.29, 1.82) is 0 Å². The van der Waals surface area contributed by atoms with Crippen LogP contribution in [0.3, 0.4) is 0 Å². The zero-order valence-electron chi connectivity index (χ0n) is 27.4. The largest absolute Gasteiger partial charge is 0.313 e. The van der Waals surface area contributed by atoms with Crippen molar-refractivity contribution in [2.45, 2.75) is 12.3 Å². The molecule has 10 rings (SSSR count). The Kier molecular flexibility index (Phi) is 6.63. The quantitative estimate of drug-likeness (QED) is 0.184. The number of rotatable bonds is 5. The van der Waals surface area contributed by atoms with E-state index in [1.54, 1.807) is 0 Å². The second kappa shape index (κ2) is 11.6. The monoisotopic (exact) mass is 639 g/mol. The van der Waals surface area contributed by atoms with Crippen LogP contribution in [0.2, 0.25) is 0 Å². The molecule has 0 amide bonds. The van der Waals surface area contributed by atoms with E-state index in [1.165, 1.54) is 60.6 Å². The molecular formula is C47H33N3. The smallest absolute Gasteiger partial charge is 0.0712 e. The van der Waals surface area contributed by atoms with Crippen LogP contribution in [0.15, 0.2) is 182 Å². The van der Waals surface area contributed by atoms with E-state index < -0.39 is 0 Å². The minimum Gasteiger partial charge on any atom is -0.313 e. The topological polar surface area (TPSA) is 22.8 Å². The summed E-state index contributed by atoms with van der Waals surface area (Å²) in [5.41, 5.74) is 12.9. The van der Waals surface area contributed by atoms with Gasteiger partial charge < -0.3 is 9.13 Å². The van der Waals surface area contributed by atoms with Gasteiger partial charge in [-0.25, -0.2) is 4.98 Å². The van der Waals surface area contributed by atoms with Crippen LogP contribution in [0.5, 0.6) is 0 Å². The molecule has 236 valence electrons. The number of hydrogen-bond acceptors (Lipinski definition) is 1. The van der Waals surface area contributed by atoms with Crippen molar-refractivity contribution < 1.29 is 0 Å². The van der Waals surface area contributed by atoms with Crippen molar-refractivity contribution in [2.75, 3.05) is 0 Å². The summed E-state index contributed by atoms with van der Waals surface area (Å²) in [5, 5.41) is 5.09. The molecule has 0 aliphatic heterocycles. The van der Waals surface area contributed by atoms with Gasteiger partial charge in [-0.05, 0) is 66.6 Å². The van der Waals surface area contributed by atoms with Crippen LogP contribution in [0.4, 0.5) is 0 Å². The summed E-state index contributed by atoms with van der Waals surface area (Å²) in [5.74, 6) is 0.193. The molecule has 0 spiro atoms. The maximum atomic E-state index is 5.15. The maximum Gasteiger partial charge on any atom is 0.0712 e. The second-order valence-corrected chi connectivity index (χ2v) is 13.2. The number of fused-ring (bicyclic) bond motifs is 6. The van der Waals surface area contributed by atoms with E-state index >= 15 is 0 Å². The van der Waals surface area contributed by atoms with E-state index in [0.29, 0.717) is 0 Å². The third-order valence-electron chi connectivity index (χ3n) is 10.2. The lowest BCUT2D eigenvalue weighted by Crippen LogP contribution is -2.07. The van der Waals surface area contributed by atoms with Gasteiger partial charge in [-0.3, -0.25) is 0 Å². The highest BCUT2D eigenvalue weighted by atomic mass is 15.0. The van der Waals surface area contributed by atoms with E-state index in [0.717, 1.165) is 28.9 Å². The molecule has 1 unspecified atom stereocenters. The summed E-state index contributed by atoms with van der Waals surface area (Å²) >= 11 is 0. The molecule has 3 heteroatoms. The van der Waals surface area contributed by atoms with E-state index in [2.05, 4.69) is 191 Å². The number of hydrogen-bond donors (Lipinski definition) is 0. The molecule has 0 N–H and O–H groups in total. The highest BCUT2D eigenvalue weighted by Crippen LogP contribution is 2.42. The standard InChI is InChI=1S/C47H33N3/c1-4-15-32(16-5-1)42-28-35(29-43(48-42)33-17-6-2-7-18-33)34-19-14-22-37(27-34)50-45-26-13-11-24-39(45)41-30-40-38-23-10-12-25-44(38)49(46(40)31-47(41)50)36-20-8-3-9-21-36/h1-26,28-31,34H,27H2. The van der Waals surface area contributed by atoms with E-state index in [-0.39, 0.29) is 5.92 Å². The molecule has 3 nitrogen and oxygen atoms in total. The molecule has 9 aromatic rings. The lowest BCUT2D eigenvalue weighted by atomic mass is 9.89. The Bertz CT molecular complexity index is 2710. The molecule has 0 bridgehead atoms. The Hall–Kier alpha value is -6.45. The van der Waals surface area contributed by atoms with Gasteiger partial charge in [-0.1, -0.05) is 127 Å². The fourth-order valence-electron chi connectivity index (χ4n) is 7.93. The first-order valence-corrected chi connectivity index (χ1v) is 17.3. The summed E-state index contributed by atoms with van der Waals surface area (Å²) in [6, 6.07) is 58.8. The van der Waals surface area contributed by atoms with Crippen LogP contribution in [0.25, 0.3) is 77.5 Å². The summed E-state index contributed by atoms with van der Waals surface area (Å²) in [6.07, 6.45) is 7.77. The highest BCUT2D eigenvalue weighted by Gasteiger charge is 2.23. The Labute approximate surface area is 290 Å². The third-order valence-corrected chi connectivity index (χ3v) is 10.2. The van der Waals surface area contributed by atoms with Crippen LogP contribution in [0, 0.1) is 0 Å². The van der Waals surface area contributed by atoms with Gasteiger partial charge >= 0.3 is 0 Å². The van der Waals surface area contributed by atoms with E-state index in [9.17, 15) is 0 Å². The van der Waals surface area contributed by atoms with Gasteiger partial charge in [0.25, 0.3) is 0 Å². The van der Waals surface area contributed by atoms with Gasteiger partial charge in [0.2, 0.25) is 0 Å². The number of para-hydroxylation sites is 3. The Morgan fingerprint density at radius 2 is 0.980 bits per heavy atom. The fraction of sp³-hybridized carbons (Fsp3) is 0.0426. The van der Waals surface area contributed by atoms with E-state index in [1.807, 2.05) is 0 Å². The van der Waals surface area contributed by atoms with Crippen LogP contribution < -0.4 is 0 Å². The van der Waals surface area contributed by atoms with Gasteiger partial charge in [-0.2, -0.15) is 0 Å². The maximum absolute atomic E-state index is 5.15. The third kappa shape index (κ3) is 4.62. The minimum absolute atomic E-state index is 0.193. The lowest BCUT2D eigenvalue weighted by molar-refractivity contribution is 0.835. The number of nitrogens with zero attached hydrogens (tertiary/aromatic N) is 3. The molecule has 6 aromatic carbocycles. The Morgan fingerprint density at radius 1 is 0.460 bits per heavy atom. The molecular weight excluding hydrogens is 607 g/mol. The summed E-state index contributed by atoms with van der Waals surface area (Å²) in [4.78, 5) is 5.15. The SMILES string of the molecule is C1=CC(c2cc(-c3ccccc3)nc(-c3ccccc3)c2)CC(n2c3ccccc3c3cc4c5ccccc5n(-c5ccccc5)c4cc32)=C1. The Balaban J connectivity index is 1.15. The molecule has 0 fully saturated rings. The van der Waals surface area contributed by atoms with Gasteiger partial charge in [0, 0.05) is 50.0 Å². The molecule has 3 heterocycles. The number of pyridine rings is 1. The Morgan fingerprint density at radius 3 is 1.60 bits per heavy atom. The summed E-state index contributed by atoms with van der Waals surface area (Å²) < 4.78 is 4.92. The lowest BCUT2D eigenvalue weighted by Gasteiger charge is -2.22. The molecule has 0 saturated carbocycles. The molecule has 1 atom stereocenters. The first kappa shape index (κ1) is 28.6. The zero-order valence-corrected chi connectivity index (χ0v) is 27.4. The first-order chi connectivity index (χ1) is 24.8. The predicted octanol–water partition coefficient (Wildman–Crippen LogP) is 12.2. The molecule has 1 aliphatic rings. The zero-order chi connectivity index (χ0) is 33.0. The van der Waals surface area contributed by atoms with Gasteiger partial charge in [0.1, 0.15) is 0 Å². The first-order valence-electron chi connectivity index (χ1n) is 17.3. The highest BCUT2D eigenvalue weighted by molar-refractivity contribution is 6.19. The van der Waals surface area contributed by atoms with E-state index in [4.69, 9.17) is 4.98 Å². The van der Waals surface area contributed by atoms with Crippen molar-refractivity contribution >= 4 is 49.3 Å². The average molecular weight is 640 g/mol. The summed E-state index contributed by atoms with van der Waals surface area (Å²) in [7, 11) is 0. The van der Waals surface area contributed by atoms with Crippen LogP contribution in [-0.2, 0) is 0 Å². The van der Waals surface area contributed by atoms with Gasteiger partial charge in [-0.15, -0.1) is 0 Å². The van der Waals surface area contributed by atoms with Crippen LogP contribution in [-0.4, -0.2) is 14.1 Å². The predicted molar refractivity (Wildman–Crippen MR) is 210 cm³/mol.